The monoisotopic (exact) mass is 277 g/mol. The summed E-state index contributed by atoms with van der Waals surface area (Å²) < 4.78 is 0. The number of nitrogens with two attached hydrogens (primary N) is 1. The molecule has 0 aromatic carbocycles. The Morgan fingerprint density at radius 1 is 1.45 bits per heavy atom. The van der Waals surface area contributed by atoms with E-state index < -0.39 is 0 Å². The molecule has 2 N–H and O–H groups in total. The van der Waals surface area contributed by atoms with E-state index in [0.717, 1.165) is 43.1 Å². The van der Waals surface area contributed by atoms with Crippen LogP contribution in [0.5, 0.6) is 0 Å². The van der Waals surface area contributed by atoms with Crippen LogP contribution in [0.15, 0.2) is 6.07 Å². The van der Waals surface area contributed by atoms with Gasteiger partial charge >= 0.3 is 0 Å². The van der Waals surface area contributed by atoms with Crippen molar-refractivity contribution in [3.05, 3.63) is 17.6 Å². The third-order valence-electron chi connectivity index (χ3n) is 3.62. The first-order chi connectivity index (χ1) is 9.47. The van der Waals surface area contributed by atoms with E-state index in [1.165, 1.54) is 0 Å². The molecule has 0 radical (unpaired) electrons. The molecule has 1 unspecified atom stereocenters. The van der Waals surface area contributed by atoms with Gasteiger partial charge in [0, 0.05) is 20.2 Å². The fourth-order valence-corrected chi connectivity index (χ4v) is 2.69. The van der Waals surface area contributed by atoms with Crippen LogP contribution < -0.4 is 10.6 Å². The lowest BCUT2D eigenvalue weighted by atomic mass is 9.99. The molecule has 1 atom stereocenters. The molecule has 6 nitrogen and oxygen atoms in total. The van der Waals surface area contributed by atoms with Crippen molar-refractivity contribution in [2.45, 2.75) is 32.2 Å². The Labute approximate surface area is 120 Å². The second kappa shape index (κ2) is 6.17. The van der Waals surface area contributed by atoms with Gasteiger partial charge in [-0.3, -0.25) is 9.69 Å². The summed E-state index contributed by atoms with van der Waals surface area (Å²) in [6, 6.07) is 2.17. The van der Waals surface area contributed by atoms with Gasteiger partial charge in [0.1, 0.15) is 11.6 Å². The molecular formula is C14H23N5O. The van der Waals surface area contributed by atoms with Crippen LogP contribution in [0.3, 0.4) is 0 Å². The fourth-order valence-electron chi connectivity index (χ4n) is 2.69. The number of nitrogens with zero attached hydrogens (tertiary/aromatic N) is 4. The number of amides is 1. The van der Waals surface area contributed by atoms with Gasteiger partial charge in [0.15, 0.2) is 0 Å². The van der Waals surface area contributed by atoms with Crippen molar-refractivity contribution in [1.29, 1.82) is 0 Å². The third kappa shape index (κ3) is 3.45. The molecule has 0 saturated carbocycles. The van der Waals surface area contributed by atoms with Crippen molar-refractivity contribution in [2.24, 2.45) is 5.73 Å². The quantitative estimate of drug-likeness (QED) is 0.883. The van der Waals surface area contributed by atoms with E-state index in [2.05, 4.69) is 14.9 Å². The number of hydrogen-bond acceptors (Lipinski definition) is 5. The number of primary amides is 1. The van der Waals surface area contributed by atoms with Crippen LogP contribution in [0, 0.1) is 6.92 Å². The minimum absolute atomic E-state index is 0.164. The molecule has 0 spiro atoms. The number of carbonyl (C=O) groups excluding carboxylic acids is 1. The van der Waals surface area contributed by atoms with Gasteiger partial charge in [-0.2, -0.15) is 0 Å². The topological polar surface area (TPSA) is 75.4 Å². The number of piperidine rings is 1. The highest BCUT2D eigenvalue weighted by molar-refractivity contribution is 5.76. The van der Waals surface area contributed by atoms with E-state index in [9.17, 15) is 4.79 Å². The van der Waals surface area contributed by atoms with E-state index in [1.54, 1.807) is 0 Å². The molecular weight excluding hydrogens is 254 g/mol. The molecule has 0 aliphatic carbocycles. The standard InChI is InChI=1S/C14H23N5O/c1-10-16-11(8-14(17-10)18(2)3)12-6-4-5-7-19(12)9-13(15)20/h8,12H,4-7,9H2,1-3H3,(H2,15,20). The molecule has 1 saturated heterocycles. The first kappa shape index (κ1) is 14.7. The molecule has 1 fully saturated rings. The summed E-state index contributed by atoms with van der Waals surface area (Å²) in [6.45, 7) is 3.09. The number of anilines is 1. The maximum absolute atomic E-state index is 11.2. The van der Waals surface area contributed by atoms with Crippen LogP contribution in [0.1, 0.15) is 36.8 Å². The number of rotatable bonds is 4. The van der Waals surface area contributed by atoms with Crippen molar-refractivity contribution in [2.75, 3.05) is 32.1 Å². The maximum atomic E-state index is 11.2. The second-order valence-electron chi connectivity index (χ2n) is 5.54. The molecule has 20 heavy (non-hydrogen) atoms. The van der Waals surface area contributed by atoms with E-state index in [0.29, 0.717) is 6.54 Å². The van der Waals surface area contributed by atoms with E-state index in [1.807, 2.05) is 32.0 Å². The fraction of sp³-hybridized carbons (Fsp3) is 0.643. The highest BCUT2D eigenvalue weighted by Crippen LogP contribution is 2.30. The van der Waals surface area contributed by atoms with Crippen LogP contribution in [0.4, 0.5) is 5.82 Å². The smallest absolute Gasteiger partial charge is 0.231 e. The lowest BCUT2D eigenvalue weighted by Gasteiger charge is -2.34. The summed E-state index contributed by atoms with van der Waals surface area (Å²) >= 11 is 0. The lowest BCUT2D eigenvalue weighted by Crippen LogP contribution is -2.40. The molecule has 2 rings (SSSR count). The predicted octanol–water partition coefficient (Wildman–Crippen LogP) is 0.863. The van der Waals surface area contributed by atoms with Gasteiger partial charge in [-0.15, -0.1) is 0 Å². The summed E-state index contributed by atoms with van der Waals surface area (Å²) in [5.41, 5.74) is 6.34. The van der Waals surface area contributed by atoms with Gasteiger partial charge in [-0.1, -0.05) is 6.42 Å². The van der Waals surface area contributed by atoms with Crippen LogP contribution in [0.25, 0.3) is 0 Å². The summed E-state index contributed by atoms with van der Waals surface area (Å²) in [5, 5.41) is 0. The largest absolute Gasteiger partial charge is 0.369 e. The van der Waals surface area contributed by atoms with Crippen molar-refractivity contribution in [1.82, 2.24) is 14.9 Å². The highest BCUT2D eigenvalue weighted by atomic mass is 16.1. The van der Waals surface area contributed by atoms with Crippen molar-refractivity contribution in [3.8, 4) is 0 Å². The lowest BCUT2D eigenvalue weighted by molar-refractivity contribution is -0.120. The van der Waals surface area contributed by atoms with Gasteiger partial charge in [0.25, 0.3) is 0 Å². The first-order valence-corrected chi connectivity index (χ1v) is 7.02. The number of aryl methyl sites for hydroxylation is 1. The number of carbonyl (C=O) groups is 1. The molecule has 1 aliphatic heterocycles. The van der Waals surface area contributed by atoms with Gasteiger partial charge in [0.05, 0.1) is 18.3 Å². The highest BCUT2D eigenvalue weighted by Gasteiger charge is 2.26. The maximum Gasteiger partial charge on any atom is 0.231 e. The average Bonchev–Trinajstić information content (AvgIpc) is 2.37. The van der Waals surface area contributed by atoms with Crippen LogP contribution in [-0.2, 0) is 4.79 Å². The first-order valence-electron chi connectivity index (χ1n) is 7.02. The van der Waals surface area contributed by atoms with Crippen LogP contribution >= 0.6 is 0 Å². The summed E-state index contributed by atoms with van der Waals surface area (Å²) in [6.07, 6.45) is 3.27. The Hall–Kier alpha value is -1.69. The summed E-state index contributed by atoms with van der Waals surface area (Å²) in [5.74, 6) is 1.38. The van der Waals surface area contributed by atoms with Gasteiger partial charge in [-0.25, -0.2) is 9.97 Å². The van der Waals surface area contributed by atoms with Gasteiger partial charge < -0.3 is 10.6 Å². The van der Waals surface area contributed by atoms with Crippen molar-refractivity contribution >= 4 is 11.7 Å². The number of likely N-dealkylation sites (tertiary alicyclic amines) is 1. The van der Waals surface area contributed by atoms with E-state index in [-0.39, 0.29) is 11.9 Å². The normalized spacial score (nSPS) is 19.9. The van der Waals surface area contributed by atoms with Crippen LogP contribution in [-0.4, -0.2) is 48.0 Å². The predicted molar refractivity (Wildman–Crippen MR) is 78.5 cm³/mol. The summed E-state index contributed by atoms with van der Waals surface area (Å²) in [4.78, 5) is 24.3. The number of hydrogen-bond donors (Lipinski definition) is 1. The van der Waals surface area contributed by atoms with E-state index in [4.69, 9.17) is 5.73 Å². The zero-order valence-corrected chi connectivity index (χ0v) is 12.5. The molecule has 0 bridgehead atoms. The minimum atomic E-state index is -0.282. The molecule has 6 heteroatoms. The third-order valence-corrected chi connectivity index (χ3v) is 3.62. The Morgan fingerprint density at radius 2 is 2.20 bits per heavy atom. The van der Waals surface area contributed by atoms with Gasteiger partial charge in [0.2, 0.25) is 5.91 Å². The van der Waals surface area contributed by atoms with Crippen molar-refractivity contribution < 1.29 is 4.79 Å². The molecule has 1 aromatic rings. The molecule has 110 valence electrons. The Bertz CT molecular complexity index is 488. The minimum Gasteiger partial charge on any atom is -0.369 e. The van der Waals surface area contributed by atoms with E-state index >= 15 is 0 Å². The van der Waals surface area contributed by atoms with Gasteiger partial charge in [-0.05, 0) is 26.3 Å². The zero-order chi connectivity index (χ0) is 14.7. The Morgan fingerprint density at radius 3 is 2.85 bits per heavy atom. The molecule has 1 amide bonds. The number of aromatic nitrogens is 2. The second-order valence-corrected chi connectivity index (χ2v) is 5.54. The summed E-state index contributed by atoms with van der Waals surface area (Å²) in [7, 11) is 3.93. The molecule has 1 aromatic heterocycles. The molecule has 1 aliphatic rings. The molecule has 2 heterocycles. The van der Waals surface area contributed by atoms with Crippen molar-refractivity contribution in [3.63, 3.8) is 0 Å². The average molecular weight is 277 g/mol. The van der Waals surface area contributed by atoms with Crippen LogP contribution in [0.2, 0.25) is 0 Å². The Balaban J connectivity index is 2.29. The zero-order valence-electron chi connectivity index (χ0n) is 12.5. The Kier molecular flexibility index (Phi) is 4.54. The SMILES string of the molecule is Cc1nc(C2CCCCN2CC(N)=O)cc(N(C)C)n1.